The second kappa shape index (κ2) is 4.19. The predicted molar refractivity (Wildman–Crippen MR) is 62.3 cm³/mol. The van der Waals surface area contributed by atoms with E-state index >= 15 is 0 Å². The fraction of sp³-hybridized carbons (Fsp3) is 1.00. The van der Waals surface area contributed by atoms with Gasteiger partial charge in [0.15, 0.2) is 0 Å². The van der Waals surface area contributed by atoms with Crippen LogP contribution in [0.2, 0.25) is 0 Å². The van der Waals surface area contributed by atoms with Crippen molar-refractivity contribution in [2.45, 2.75) is 52.0 Å². The lowest BCUT2D eigenvalue weighted by atomic mass is 9.68. The molecule has 0 radical (unpaired) electrons. The Morgan fingerprint density at radius 1 is 1.36 bits per heavy atom. The van der Waals surface area contributed by atoms with Crippen molar-refractivity contribution >= 4 is 0 Å². The second-order valence-electron chi connectivity index (χ2n) is 5.58. The van der Waals surface area contributed by atoms with E-state index in [1.807, 2.05) is 0 Å². The first kappa shape index (κ1) is 12.0. The maximum atomic E-state index is 5.88. The Balaban J connectivity index is 2.50. The third-order valence-corrected chi connectivity index (χ3v) is 4.32. The Morgan fingerprint density at radius 2 is 1.93 bits per heavy atom. The molecule has 2 nitrogen and oxygen atoms in total. The molecule has 0 aromatic rings. The molecule has 14 heavy (non-hydrogen) atoms. The fourth-order valence-electron chi connectivity index (χ4n) is 2.09. The van der Waals surface area contributed by atoms with E-state index in [9.17, 15) is 0 Å². The van der Waals surface area contributed by atoms with Crippen molar-refractivity contribution < 1.29 is 0 Å². The molecule has 0 saturated heterocycles. The van der Waals surface area contributed by atoms with Crippen molar-refractivity contribution in [2.24, 2.45) is 11.1 Å². The Bertz CT molecular complexity index is 177. The molecule has 1 fully saturated rings. The summed E-state index contributed by atoms with van der Waals surface area (Å²) in [4.78, 5) is 2.49. The van der Waals surface area contributed by atoms with Gasteiger partial charge < -0.3 is 10.6 Å². The van der Waals surface area contributed by atoms with E-state index in [1.54, 1.807) is 0 Å². The lowest BCUT2D eigenvalue weighted by molar-refractivity contribution is 0.0365. The van der Waals surface area contributed by atoms with Gasteiger partial charge >= 0.3 is 0 Å². The molecule has 0 aliphatic heterocycles. The first-order valence-electron chi connectivity index (χ1n) is 5.87. The maximum Gasteiger partial charge on any atom is 0.0147 e. The molecule has 2 heteroatoms. The smallest absolute Gasteiger partial charge is 0.0147 e. The first-order valence-corrected chi connectivity index (χ1v) is 5.87. The molecule has 0 aromatic heterocycles. The fourth-order valence-corrected chi connectivity index (χ4v) is 2.09. The van der Waals surface area contributed by atoms with Crippen molar-refractivity contribution in [1.82, 2.24) is 4.90 Å². The monoisotopic (exact) mass is 198 g/mol. The van der Waals surface area contributed by atoms with Crippen LogP contribution in [0.1, 0.15) is 46.5 Å². The number of nitrogens with two attached hydrogens (primary N) is 1. The molecule has 1 saturated carbocycles. The molecule has 0 spiro atoms. The number of hydrogen-bond donors (Lipinski definition) is 1. The number of nitrogens with zero attached hydrogens (tertiary/aromatic N) is 1. The van der Waals surface area contributed by atoms with Crippen LogP contribution < -0.4 is 5.73 Å². The molecule has 1 rings (SSSR count). The minimum absolute atomic E-state index is 0.317. The SMILES string of the molecule is CCC(C)(C)N(C)CC1(CN)CCC1. The zero-order valence-electron chi connectivity index (χ0n) is 10.3. The molecule has 0 bridgehead atoms. The Kier molecular flexibility index (Phi) is 3.59. The molecular weight excluding hydrogens is 172 g/mol. The first-order chi connectivity index (χ1) is 6.46. The van der Waals surface area contributed by atoms with E-state index in [1.165, 1.54) is 32.2 Å². The molecule has 0 unspecified atom stereocenters. The van der Waals surface area contributed by atoms with Gasteiger partial charge in [0.2, 0.25) is 0 Å². The van der Waals surface area contributed by atoms with Gasteiger partial charge in [-0.3, -0.25) is 0 Å². The lowest BCUT2D eigenvalue weighted by Crippen LogP contribution is -2.51. The van der Waals surface area contributed by atoms with E-state index in [4.69, 9.17) is 5.73 Å². The van der Waals surface area contributed by atoms with Crippen molar-refractivity contribution in [2.75, 3.05) is 20.1 Å². The highest BCUT2D eigenvalue weighted by Gasteiger charge is 2.38. The predicted octanol–water partition coefficient (Wildman–Crippen LogP) is 2.24. The van der Waals surface area contributed by atoms with Crippen LogP contribution >= 0.6 is 0 Å². The Hall–Kier alpha value is -0.0800. The third kappa shape index (κ3) is 2.29. The zero-order valence-corrected chi connectivity index (χ0v) is 10.3. The molecule has 0 atom stereocenters. The quantitative estimate of drug-likeness (QED) is 0.734. The average molecular weight is 198 g/mol. The lowest BCUT2D eigenvalue weighted by Gasteiger charge is -2.47. The second-order valence-corrected chi connectivity index (χ2v) is 5.58. The van der Waals surface area contributed by atoms with Crippen LogP contribution in [-0.2, 0) is 0 Å². The summed E-state index contributed by atoms with van der Waals surface area (Å²) in [6, 6.07) is 0. The van der Waals surface area contributed by atoms with Crippen molar-refractivity contribution in [3.8, 4) is 0 Å². The van der Waals surface area contributed by atoms with Crippen molar-refractivity contribution in [1.29, 1.82) is 0 Å². The van der Waals surface area contributed by atoms with Gasteiger partial charge in [0, 0.05) is 12.1 Å². The standard InChI is InChI=1S/C12H26N2/c1-5-11(2,3)14(4)10-12(9-13)7-6-8-12/h5-10,13H2,1-4H3. The van der Waals surface area contributed by atoms with Crippen LogP contribution in [0.25, 0.3) is 0 Å². The van der Waals surface area contributed by atoms with Gasteiger partial charge in [0.25, 0.3) is 0 Å². The van der Waals surface area contributed by atoms with Gasteiger partial charge in [0.1, 0.15) is 0 Å². The molecule has 84 valence electrons. The summed E-state index contributed by atoms with van der Waals surface area (Å²) >= 11 is 0. The van der Waals surface area contributed by atoms with Crippen LogP contribution in [0.3, 0.4) is 0 Å². The van der Waals surface area contributed by atoms with Crippen molar-refractivity contribution in [3.63, 3.8) is 0 Å². The third-order valence-electron chi connectivity index (χ3n) is 4.32. The van der Waals surface area contributed by atoms with E-state index < -0.39 is 0 Å². The van der Waals surface area contributed by atoms with Gasteiger partial charge in [-0.05, 0) is 52.1 Å². The topological polar surface area (TPSA) is 29.3 Å². The Labute approximate surface area is 88.8 Å². The zero-order chi connectivity index (χ0) is 10.8. The van der Waals surface area contributed by atoms with Crippen LogP contribution in [0, 0.1) is 5.41 Å². The molecule has 0 amide bonds. The van der Waals surface area contributed by atoms with Gasteiger partial charge in [-0.25, -0.2) is 0 Å². The highest BCUT2D eigenvalue weighted by molar-refractivity contribution is 4.93. The normalized spacial score (nSPS) is 21.0. The summed E-state index contributed by atoms with van der Waals surface area (Å²) in [7, 11) is 2.24. The highest BCUT2D eigenvalue weighted by Crippen LogP contribution is 2.41. The average Bonchev–Trinajstić information content (AvgIpc) is 2.10. The van der Waals surface area contributed by atoms with Crippen LogP contribution in [0.15, 0.2) is 0 Å². The minimum Gasteiger partial charge on any atom is -0.330 e. The Morgan fingerprint density at radius 3 is 2.21 bits per heavy atom. The summed E-state index contributed by atoms with van der Waals surface area (Å²) in [5.41, 5.74) is 6.64. The van der Waals surface area contributed by atoms with Crippen LogP contribution in [-0.4, -0.2) is 30.6 Å². The van der Waals surface area contributed by atoms with Gasteiger partial charge in [-0.1, -0.05) is 13.3 Å². The van der Waals surface area contributed by atoms with E-state index in [-0.39, 0.29) is 0 Å². The maximum absolute atomic E-state index is 5.88. The molecule has 0 heterocycles. The van der Waals surface area contributed by atoms with Gasteiger partial charge in [0.05, 0.1) is 0 Å². The summed E-state index contributed by atoms with van der Waals surface area (Å²) in [6.45, 7) is 8.92. The molecular formula is C12H26N2. The molecule has 1 aliphatic rings. The molecule has 1 aliphatic carbocycles. The highest BCUT2D eigenvalue weighted by atomic mass is 15.2. The van der Waals surface area contributed by atoms with Crippen LogP contribution in [0.4, 0.5) is 0 Å². The largest absolute Gasteiger partial charge is 0.330 e. The summed E-state index contributed by atoms with van der Waals surface area (Å²) in [5, 5.41) is 0. The number of rotatable bonds is 5. The minimum atomic E-state index is 0.317. The van der Waals surface area contributed by atoms with E-state index in [2.05, 4.69) is 32.7 Å². The van der Waals surface area contributed by atoms with Gasteiger partial charge in [-0.15, -0.1) is 0 Å². The summed E-state index contributed by atoms with van der Waals surface area (Å²) in [5.74, 6) is 0. The van der Waals surface area contributed by atoms with Gasteiger partial charge in [-0.2, -0.15) is 0 Å². The van der Waals surface area contributed by atoms with E-state index in [0.29, 0.717) is 11.0 Å². The van der Waals surface area contributed by atoms with Crippen LogP contribution in [0.5, 0.6) is 0 Å². The van der Waals surface area contributed by atoms with Crippen molar-refractivity contribution in [3.05, 3.63) is 0 Å². The summed E-state index contributed by atoms with van der Waals surface area (Å²) in [6.07, 6.45) is 5.23. The molecule has 2 N–H and O–H groups in total. The summed E-state index contributed by atoms with van der Waals surface area (Å²) < 4.78 is 0. The molecule has 0 aromatic carbocycles. The number of hydrogen-bond acceptors (Lipinski definition) is 2. The van der Waals surface area contributed by atoms with E-state index in [0.717, 1.165) is 6.54 Å².